The van der Waals surface area contributed by atoms with Crippen LogP contribution < -0.4 is 39.2 Å². The summed E-state index contributed by atoms with van der Waals surface area (Å²) in [5.74, 6) is 0.384. The summed E-state index contributed by atoms with van der Waals surface area (Å²) in [4.78, 5) is 20.2. The molecule has 4 aliphatic heterocycles. The van der Waals surface area contributed by atoms with Gasteiger partial charge in [-0.1, -0.05) is 353 Å². The van der Waals surface area contributed by atoms with Crippen molar-refractivity contribution in [3.63, 3.8) is 0 Å². The monoisotopic (exact) mass is 1920 g/mol. The number of allylic oxidation sites excluding steroid dienone is 5. The molecule has 8 heterocycles. The van der Waals surface area contributed by atoms with Gasteiger partial charge in [0.1, 0.15) is 63.7 Å². The van der Waals surface area contributed by atoms with E-state index in [-0.39, 0.29) is 35.5 Å². The van der Waals surface area contributed by atoms with E-state index in [4.69, 9.17) is 17.7 Å². The van der Waals surface area contributed by atoms with E-state index in [1.165, 1.54) is 157 Å². The fourth-order valence-corrected chi connectivity index (χ4v) is 23.6. The highest BCUT2D eigenvalue weighted by molar-refractivity contribution is 6.12. The van der Waals surface area contributed by atoms with Crippen molar-refractivity contribution in [1.82, 2.24) is 0 Å². The van der Waals surface area contributed by atoms with Crippen LogP contribution in [0.2, 0.25) is 0 Å². The smallest absolute Gasteiger partial charge is 0.159 e. The molecule has 0 saturated carbocycles. The molecule has 0 fully saturated rings. The summed E-state index contributed by atoms with van der Waals surface area (Å²) in [6.07, 6.45) is 0.0930. The van der Waals surface area contributed by atoms with Crippen molar-refractivity contribution in [2.45, 2.75) is 149 Å². The fraction of sp³-hybridized carbons (Fsp3) is 0.185. The number of nitrogens with zero attached hydrogens (tertiary/aromatic N) is 8. The molecule has 12 nitrogen and oxygen atoms in total. The van der Waals surface area contributed by atoms with Gasteiger partial charge in [0.2, 0.25) is 0 Å². The first-order valence-corrected chi connectivity index (χ1v) is 51.6. The van der Waals surface area contributed by atoms with E-state index in [2.05, 4.69) is 534 Å². The van der Waals surface area contributed by atoms with Gasteiger partial charge in [0, 0.05) is 128 Å². The lowest BCUT2D eigenvalue weighted by molar-refractivity contribution is 0.320. The first-order chi connectivity index (χ1) is 71.3. The average Bonchev–Trinajstić information content (AvgIpc) is 1.57. The van der Waals surface area contributed by atoms with Gasteiger partial charge in [-0.25, -0.2) is 0 Å². The Bertz CT molecular complexity index is 8620. The average molecular weight is 1920 g/mol. The molecule has 4 atom stereocenters. The Hall–Kier alpha value is -16.7. The maximum absolute atomic E-state index is 6.54. The number of furan rings is 4. The van der Waals surface area contributed by atoms with Crippen LogP contribution in [-0.4, -0.2) is 12.3 Å². The second kappa shape index (κ2) is 38.8. The Morgan fingerprint density at radius 3 is 0.918 bits per heavy atom. The van der Waals surface area contributed by atoms with Crippen LogP contribution in [0.25, 0.3) is 105 Å². The minimum absolute atomic E-state index is 0.0195. The van der Waals surface area contributed by atoms with Crippen LogP contribution in [-0.2, 0) is 0 Å². The molecular weight excluding hydrogens is 1800 g/mol. The molecule has 0 spiro atoms. The molecule has 25 rings (SSSR count). The summed E-state index contributed by atoms with van der Waals surface area (Å²) >= 11 is 0. The molecule has 730 valence electrons. The number of hydrogen-bond donors (Lipinski definition) is 0. The van der Waals surface area contributed by atoms with Gasteiger partial charge in [0.05, 0.1) is 22.8 Å². The molecule has 0 aliphatic carbocycles. The van der Waals surface area contributed by atoms with E-state index in [1.807, 2.05) is 36.4 Å². The third kappa shape index (κ3) is 17.1. The zero-order chi connectivity index (χ0) is 102. The molecule has 4 unspecified atom stereocenters. The molecule has 21 aromatic rings. The first-order valence-electron chi connectivity index (χ1n) is 51.6. The van der Waals surface area contributed by atoms with Crippen molar-refractivity contribution in [1.29, 1.82) is 0 Å². The van der Waals surface area contributed by atoms with Crippen molar-refractivity contribution in [2.24, 2.45) is 16.7 Å². The van der Waals surface area contributed by atoms with Crippen molar-refractivity contribution in [3.8, 4) is 0 Å². The topological polar surface area (TPSA) is 78.5 Å². The minimum Gasteiger partial charge on any atom is -0.456 e. The molecule has 0 saturated heterocycles. The number of rotatable bonds is 14. The zero-order valence-electron chi connectivity index (χ0n) is 87.3. The fourth-order valence-electron chi connectivity index (χ4n) is 23.6. The molecule has 0 N–H and O–H groups in total. The summed E-state index contributed by atoms with van der Waals surface area (Å²) in [6, 6.07) is 144. The van der Waals surface area contributed by atoms with E-state index in [9.17, 15) is 0 Å². The number of aryl methyl sites for hydroxylation is 6. The molecule has 4 aromatic heterocycles. The summed E-state index contributed by atoms with van der Waals surface area (Å²) in [5.41, 5.74) is 40.5. The van der Waals surface area contributed by atoms with Gasteiger partial charge in [0.15, 0.2) is 5.58 Å². The molecule has 147 heavy (non-hydrogen) atoms. The van der Waals surface area contributed by atoms with Crippen LogP contribution in [0, 0.1) is 58.3 Å². The van der Waals surface area contributed by atoms with Gasteiger partial charge in [-0.05, 0) is 240 Å². The van der Waals surface area contributed by atoms with Gasteiger partial charge in [-0.3, -0.25) is 0 Å². The van der Waals surface area contributed by atoms with Crippen LogP contribution in [0.4, 0.5) is 45.5 Å². The van der Waals surface area contributed by atoms with Crippen LogP contribution in [0.5, 0.6) is 0 Å². The number of para-hydroxylation sites is 8. The van der Waals surface area contributed by atoms with Crippen LogP contribution >= 0.6 is 0 Å². The molecule has 0 bridgehead atoms. The molecular formula is C135H126N8O4. The standard InChI is InChI=1S/C37H32N2O.C35H28N2O.C33H32N2O.C30H34N2O/c1-24-14-13-15-25(2)35(24)37-38(32-23-31-30-20-11-12-21-33(30)40-34(31)22-26(32)3)27(4)36(28-16-7-5-8-17-28)39(37)29-18-9-6-10-19-29;1-24-22-33-30(29-20-12-13-21-32(29)38-33)23-31(24)36-25(2)34(26-14-6-3-7-15-26)37(28-18-10-5-11-19-28)35(36)27-16-8-4-9-17-27;1-22-20-30-27(26-18-12-13-19-29(26)36-30)21-28(22)34-23(2)31(24-14-8-6-9-15-24)35(32(34)33(3,4)5)25-16-10-7-11-17-25;1-19(2)26-21(4)31(29(30(5,6)7)32(26)22-13-9-8-10-14-22)27-20(3)17-18-24-23-15-11-12-16-25(23)33-28(24)27/h5-23,37H,1-4H3;3-23,35H,1-2H3;6-21,32H,1-5H3;8-19,29H,1-7H3. The molecule has 0 radical (unpaired) electrons. The Morgan fingerprint density at radius 1 is 0.224 bits per heavy atom. The molecule has 4 aliphatic rings. The summed E-state index contributed by atoms with van der Waals surface area (Å²) in [6.45, 7) is 40.9. The summed E-state index contributed by atoms with van der Waals surface area (Å²) < 4.78 is 25.2. The van der Waals surface area contributed by atoms with Gasteiger partial charge in [0.25, 0.3) is 0 Å². The molecule has 17 aromatic carbocycles. The lowest BCUT2D eigenvalue weighted by Crippen LogP contribution is -2.50. The summed E-state index contributed by atoms with van der Waals surface area (Å²) in [7, 11) is 0. The predicted octanol–water partition coefficient (Wildman–Crippen LogP) is 36.7. The zero-order valence-corrected chi connectivity index (χ0v) is 87.3. The minimum atomic E-state index is -0.0619. The van der Waals surface area contributed by atoms with E-state index >= 15 is 0 Å². The van der Waals surface area contributed by atoms with Crippen molar-refractivity contribution >= 4 is 150 Å². The quantitative estimate of drug-likeness (QED) is 0.104. The van der Waals surface area contributed by atoms with Crippen LogP contribution in [0.15, 0.2) is 453 Å². The third-order valence-electron chi connectivity index (χ3n) is 29.9. The van der Waals surface area contributed by atoms with Crippen molar-refractivity contribution < 1.29 is 17.7 Å². The first kappa shape index (κ1) is 95.2. The number of benzene rings is 17. The number of hydrogen-bond acceptors (Lipinski definition) is 12. The van der Waals surface area contributed by atoms with E-state index < -0.39 is 0 Å². The Morgan fingerprint density at radius 2 is 0.531 bits per heavy atom. The van der Waals surface area contributed by atoms with Crippen molar-refractivity contribution in [3.05, 3.63) is 496 Å². The van der Waals surface area contributed by atoms with Gasteiger partial charge >= 0.3 is 0 Å². The van der Waals surface area contributed by atoms with E-state index in [1.54, 1.807) is 0 Å². The number of fused-ring (bicyclic) bond motifs is 12. The highest BCUT2D eigenvalue weighted by Gasteiger charge is 2.50. The van der Waals surface area contributed by atoms with Crippen molar-refractivity contribution in [2.75, 3.05) is 39.2 Å². The lowest BCUT2D eigenvalue weighted by atomic mass is 9.89. The van der Waals surface area contributed by atoms with Gasteiger partial charge in [-0.2, -0.15) is 0 Å². The highest BCUT2D eigenvalue weighted by Crippen LogP contribution is 2.57. The predicted molar refractivity (Wildman–Crippen MR) is 618 cm³/mol. The maximum Gasteiger partial charge on any atom is 0.159 e. The Labute approximate surface area is 863 Å². The van der Waals surface area contributed by atoms with E-state index in [0.717, 1.165) is 82.7 Å². The van der Waals surface area contributed by atoms with Crippen LogP contribution in [0.1, 0.15) is 157 Å². The van der Waals surface area contributed by atoms with Gasteiger partial charge < -0.3 is 56.9 Å². The molecule has 12 heteroatoms. The SMILES string of the molecule is CC1=C(C(C)C)N(c2ccccc2)C(C(C)(C)C)N1c1c(C)ccc2c1oc1ccccc12.CC1=C(c2ccccc2)N(c2ccccc2)C(C(C)(C)C)N1c1cc2c(cc1C)oc1ccccc12.CC1=C(c2ccccc2)N(c2ccccc2)C(c2c(C)cccc2C)N1c1cc2c(cc1C)oc1ccccc12.CC1=C(c2ccccc2)N(c2ccccc2)C(c2ccccc2)N1c1cc2c(cc1C)oc1ccccc12. The largest absolute Gasteiger partial charge is 0.456 e. The van der Waals surface area contributed by atoms with Gasteiger partial charge in [-0.15, -0.1) is 0 Å². The highest BCUT2D eigenvalue weighted by atomic mass is 16.3. The second-order valence-electron chi connectivity index (χ2n) is 42.2. The van der Waals surface area contributed by atoms with Crippen LogP contribution in [0.3, 0.4) is 0 Å². The number of anilines is 8. The third-order valence-corrected chi connectivity index (χ3v) is 29.9. The Balaban J connectivity index is 0.000000112. The maximum atomic E-state index is 6.54. The van der Waals surface area contributed by atoms with E-state index in [0.29, 0.717) is 5.92 Å². The normalized spacial score (nSPS) is 16.2. The Kier molecular flexibility index (Phi) is 25.1. The molecule has 0 amide bonds. The summed E-state index contributed by atoms with van der Waals surface area (Å²) in [5, 5.41) is 9.23. The second-order valence-corrected chi connectivity index (χ2v) is 42.2. The lowest BCUT2D eigenvalue weighted by Gasteiger charge is -2.43.